The van der Waals surface area contributed by atoms with Crippen LogP contribution in [-0.2, 0) is 10.9 Å². The number of hydrogen-bond donors (Lipinski definition) is 0. The zero-order chi connectivity index (χ0) is 21.2. The number of morpholine rings is 1. The van der Waals surface area contributed by atoms with Gasteiger partial charge in [-0.3, -0.25) is 25.1 Å². The summed E-state index contributed by atoms with van der Waals surface area (Å²) < 4.78 is 44.6. The number of anilines is 1. The molecule has 3 rings (SSSR count). The van der Waals surface area contributed by atoms with E-state index in [0.29, 0.717) is 51.4 Å². The Morgan fingerprint density at radius 2 is 1.66 bits per heavy atom. The predicted octanol–water partition coefficient (Wildman–Crippen LogP) is 3.07. The zero-order valence-electron chi connectivity index (χ0n) is 15.6. The van der Waals surface area contributed by atoms with Crippen LogP contribution in [0.15, 0.2) is 12.1 Å². The molecule has 12 heteroatoms. The van der Waals surface area contributed by atoms with E-state index in [1.54, 1.807) is 0 Å². The number of alkyl halides is 3. The highest BCUT2D eigenvalue weighted by Gasteiger charge is 2.40. The summed E-state index contributed by atoms with van der Waals surface area (Å²) in [6.07, 6.45) is -3.44. The highest BCUT2D eigenvalue weighted by Crippen LogP contribution is 2.44. The fourth-order valence-electron chi connectivity index (χ4n) is 3.94. The van der Waals surface area contributed by atoms with E-state index in [1.807, 2.05) is 0 Å². The van der Waals surface area contributed by atoms with Gasteiger partial charge in [-0.1, -0.05) is 0 Å². The first-order valence-electron chi connectivity index (χ1n) is 9.26. The van der Waals surface area contributed by atoms with Crippen LogP contribution in [0.2, 0.25) is 0 Å². The molecule has 0 radical (unpaired) electrons. The topological polar surface area (TPSA) is 102 Å². The van der Waals surface area contributed by atoms with E-state index < -0.39 is 33.0 Å². The Morgan fingerprint density at radius 1 is 1.07 bits per heavy atom. The van der Waals surface area contributed by atoms with Crippen molar-refractivity contribution in [3.63, 3.8) is 0 Å². The second kappa shape index (κ2) is 8.49. The molecule has 29 heavy (non-hydrogen) atoms. The lowest BCUT2D eigenvalue weighted by atomic mass is 9.96. The van der Waals surface area contributed by atoms with Gasteiger partial charge in [-0.2, -0.15) is 13.2 Å². The van der Waals surface area contributed by atoms with E-state index in [-0.39, 0.29) is 11.6 Å². The van der Waals surface area contributed by atoms with Gasteiger partial charge in [-0.25, -0.2) is 0 Å². The molecule has 160 valence electrons. The summed E-state index contributed by atoms with van der Waals surface area (Å²) in [6.45, 7) is 4.09. The van der Waals surface area contributed by atoms with Crippen LogP contribution in [0, 0.1) is 26.1 Å². The molecule has 0 N–H and O–H groups in total. The van der Waals surface area contributed by atoms with Gasteiger partial charge in [0.25, 0.3) is 11.4 Å². The Labute approximate surface area is 164 Å². The number of nitro groups is 2. The molecule has 2 aliphatic rings. The van der Waals surface area contributed by atoms with Crippen LogP contribution in [0.4, 0.5) is 30.2 Å². The molecule has 1 aromatic rings. The number of benzene rings is 1. The van der Waals surface area contributed by atoms with Gasteiger partial charge in [-0.15, -0.1) is 0 Å². The van der Waals surface area contributed by atoms with E-state index >= 15 is 0 Å². The summed E-state index contributed by atoms with van der Waals surface area (Å²) in [5.41, 5.74) is -3.53. The Hall–Kier alpha value is -2.47. The first kappa shape index (κ1) is 21.2. The van der Waals surface area contributed by atoms with Crippen LogP contribution in [0.1, 0.15) is 18.4 Å². The van der Waals surface area contributed by atoms with Crippen molar-refractivity contribution in [2.45, 2.75) is 19.0 Å². The number of halogens is 3. The standard InChI is InChI=1S/C17H21F3N4O5/c18-17(19,20)13-8-14(23(25)26)16(15(9-13)24(27)28)22-3-1-2-12(11-22)10-21-4-6-29-7-5-21/h8-9,12H,1-7,10-11H2. The van der Waals surface area contributed by atoms with Crippen molar-refractivity contribution >= 4 is 17.1 Å². The van der Waals surface area contributed by atoms with Gasteiger partial charge >= 0.3 is 6.18 Å². The number of ether oxygens (including phenoxy) is 1. The van der Waals surface area contributed by atoms with Crippen LogP contribution in [-0.4, -0.2) is 60.7 Å². The molecule has 2 aliphatic heterocycles. The van der Waals surface area contributed by atoms with Crippen molar-refractivity contribution in [1.29, 1.82) is 0 Å². The molecule has 9 nitrogen and oxygen atoms in total. The minimum Gasteiger partial charge on any atom is -0.379 e. The van der Waals surface area contributed by atoms with Crippen molar-refractivity contribution in [2.24, 2.45) is 5.92 Å². The first-order chi connectivity index (χ1) is 13.7. The van der Waals surface area contributed by atoms with Crippen molar-refractivity contribution in [3.8, 4) is 0 Å². The molecule has 0 bridgehead atoms. The maximum atomic E-state index is 13.1. The van der Waals surface area contributed by atoms with Crippen LogP contribution in [0.5, 0.6) is 0 Å². The molecule has 1 atom stereocenters. The van der Waals surface area contributed by atoms with Gasteiger partial charge in [0.15, 0.2) is 5.69 Å². The van der Waals surface area contributed by atoms with Gasteiger partial charge in [-0.05, 0) is 18.8 Å². The van der Waals surface area contributed by atoms with Crippen LogP contribution >= 0.6 is 0 Å². The van der Waals surface area contributed by atoms with Crippen molar-refractivity contribution < 1.29 is 27.8 Å². The van der Waals surface area contributed by atoms with Crippen molar-refractivity contribution in [3.05, 3.63) is 37.9 Å². The largest absolute Gasteiger partial charge is 0.416 e. The maximum Gasteiger partial charge on any atom is 0.416 e. The summed E-state index contributed by atoms with van der Waals surface area (Å²) in [4.78, 5) is 24.7. The third-order valence-electron chi connectivity index (χ3n) is 5.25. The average molecular weight is 418 g/mol. The summed E-state index contributed by atoms with van der Waals surface area (Å²) in [5, 5.41) is 23.0. The third kappa shape index (κ3) is 4.93. The van der Waals surface area contributed by atoms with Gasteiger partial charge in [0.05, 0.1) is 28.6 Å². The van der Waals surface area contributed by atoms with Gasteiger partial charge in [0, 0.05) is 44.9 Å². The smallest absolute Gasteiger partial charge is 0.379 e. The number of piperidine rings is 1. The molecule has 0 amide bonds. The van der Waals surface area contributed by atoms with Crippen molar-refractivity contribution in [1.82, 2.24) is 4.90 Å². The Bertz CT molecular complexity index is 748. The Kier molecular flexibility index (Phi) is 6.22. The molecule has 1 aromatic carbocycles. The van der Waals surface area contributed by atoms with Crippen LogP contribution in [0.25, 0.3) is 0 Å². The third-order valence-corrected chi connectivity index (χ3v) is 5.25. The minimum atomic E-state index is -4.92. The molecule has 1 unspecified atom stereocenters. The van der Waals surface area contributed by atoms with E-state index in [2.05, 4.69) is 4.90 Å². The van der Waals surface area contributed by atoms with E-state index in [0.717, 1.165) is 19.5 Å². The van der Waals surface area contributed by atoms with E-state index in [9.17, 15) is 33.4 Å². The second-order valence-electron chi connectivity index (χ2n) is 7.24. The minimum absolute atomic E-state index is 0.100. The summed E-state index contributed by atoms with van der Waals surface area (Å²) >= 11 is 0. The fourth-order valence-corrected chi connectivity index (χ4v) is 3.94. The van der Waals surface area contributed by atoms with E-state index in [4.69, 9.17) is 4.74 Å². The number of nitrogens with zero attached hydrogens (tertiary/aromatic N) is 4. The van der Waals surface area contributed by atoms with Crippen LogP contribution < -0.4 is 4.90 Å². The highest BCUT2D eigenvalue weighted by molar-refractivity contribution is 5.76. The molecule has 2 saturated heterocycles. The molecule has 0 aromatic heterocycles. The lowest BCUT2D eigenvalue weighted by Crippen LogP contribution is -2.44. The normalized spacial score (nSPS) is 21.2. The maximum absolute atomic E-state index is 13.1. The zero-order valence-corrected chi connectivity index (χ0v) is 15.6. The lowest BCUT2D eigenvalue weighted by Gasteiger charge is -2.37. The summed E-state index contributed by atoms with van der Waals surface area (Å²) in [5.74, 6) is 0.100. The Balaban J connectivity index is 1.93. The van der Waals surface area contributed by atoms with E-state index in [1.165, 1.54) is 4.90 Å². The fraction of sp³-hybridized carbons (Fsp3) is 0.647. The van der Waals surface area contributed by atoms with Crippen molar-refractivity contribution in [2.75, 3.05) is 50.8 Å². The summed E-state index contributed by atoms with van der Waals surface area (Å²) in [7, 11) is 0. The molecule has 0 saturated carbocycles. The molecule has 0 aliphatic carbocycles. The lowest BCUT2D eigenvalue weighted by molar-refractivity contribution is -0.393. The Morgan fingerprint density at radius 3 is 2.17 bits per heavy atom. The molecule has 0 spiro atoms. The monoisotopic (exact) mass is 418 g/mol. The molecular weight excluding hydrogens is 397 g/mol. The molecule has 2 fully saturated rings. The number of hydrogen-bond acceptors (Lipinski definition) is 7. The quantitative estimate of drug-likeness (QED) is 0.535. The second-order valence-corrected chi connectivity index (χ2v) is 7.24. The number of nitro benzene ring substituents is 2. The van der Waals surface area contributed by atoms with Gasteiger partial charge in [0.1, 0.15) is 0 Å². The van der Waals surface area contributed by atoms with Crippen LogP contribution in [0.3, 0.4) is 0 Å². The number of rotatable bonds is 5. The SMILES string of the molecule is O=[N+]([O-])c1cc(C(F)(F)F)cc([N+](=O)[O-])c1N1CCCC(CN2CCOCC2)C1. The molecule has 2 heterocycles. The van der Waals surface area contributed by atoms with Gasteiger partial charge in [0.2, 0.25) is 0 Å². The summed E-state index contributed by atoms with van der Waals surface area (Å²) in [6, 6.07) is 0.766. The van der Waals surface area contributed by atoms with Gasteiger partial charge < -0.3 is 9.64 Å². The first-order valence-corrected chi connectivity index (χ1v) is 9.26. The molecular formula is C17H21F3N4O5. The highest BCUT2D eigenvalue weighted by atomic mass is 19.4. The predicted molar refractivity (Wildman–Crippen MR) is 96.9 cm³/mol. The average Bonchev–Trinajstić information content (AvgIpc) is 2.67.